The number of hydrogen-bond donors (Lipinski definition) is 1. The maximum atomic E-state index is 5.56. The monoisotopic (exact) mass is 273 g/mol. The van der Waals surface area contributed by atoms with Gasteiger partial charge in [0.2, 0.25) is 0 Å². The summed E-state index contributed by atoms with van der Waals surface area (Å²) in [4.78, 5) is 0. The predicted molar refractivity (Wildman–Crippen MR) is 83.0 cm³/mol. The maximum Gasteiger partial charge on any atom is 0.0506 e. The number of hydrogen-bond acceptors (Lipinski definition) is 2. The minimum atomic E-state index is 0.733. The number of ether oxygens (including phenoxy) is 1. The molecule has 1 aromatic rings. The molecule has 2 heteroatoms. The van der Waals surface area contributed by atoms with Crippen molar-refractivity contribution in [3.05, 3.63) is 35.9 Å². The van der Waals surface area contributed by atoms with E-state index in [1.165, 1.54) is 44.1 Å². The number of benzene rings is 1. The first-order chi connectivity index (χ1) is 9.92. The van der Waals surface area contributed by atoms with E-state index in [2.05, 4.69) is 35.6 Å². The zero-order valence-electron chi connectivity index (χ0n) is 12.4. The fourth-order valence-electron chi connectivity index (χ4n) is 3.66. The molecule has 1 aliphatic carbocycles. The Morgan fingerprint density at radius 1 is 1.00 bits per heavy atom. The third-order valence-electron chi connectivity index (χ3n) is 4.95. The summed E-state index contributed by atoms with van der Waals surface area (Å²) < 4.78 is 5.56. The van der Waals surface area contributed by atoms with Gasteiger partial charge in [0, 0.05) is 19.2 Å². The molecule has 0 aromatic heterocycles. The molecule has 1 heterocycles. The molecule has 1 atom stereocenters. The average molecular weight is 273 g/mol. The highest BCUT2D eigenvalue weighted by Crippen LogP contribution is 2.32. The normalized spacial score (nSPS) is 31.1. The molecule has 3 rings (SSSR count). The molecule has 0 bridgehead atoms. The predicted octanol–water partition coefficient (Wildman–Crippen LogP) is 3.73. The van der Waals surface area contributed by atoms with Gasteiger partial charge in [-0.05, 0) is 55.9 Å². The van der Waals surface area contributed by atoms with E-state index in [4.69, 9.17) is 4.74 Å². The second kappa shape index (κ2) is 7.24. The summed E-state index contributed by atoms with van der Waals surface area (Å²) in [5.41, 5.74) is 1.53. The van der Waals surface area contributed by atoms with Crippen LogP contribution in [-0.4, -0.2) is 25.8 Å². The van der Waals surface area contributed by atoms with Crippen molar-refractivity contribution in [1.29, 1.82) is 0 Å². The van der Waals surface area contributed by atoms with Crippen LogP contribution in [0.3, 0.4) is 0 Å². The first-order valence-electron chi connectivity index (χ1n) is 8.28. The van der Waals surface area contributed by atoms with Gasteiger partial charge in [-0.15, -0.1) is 0 Å². The third kappa shape index (κ3) is 3.83. The van der Waals surface area contributed by atoms with E-state index in [0.29, 0.717) is 0 Å². The van der Waals surface area contributed by atoms with Gasteiger partial charge < -0.3 is 10.1 Å². The number of nitrogens with one attached hydrogen (secondary N) is 1. The van der Waals surface area contributed by atoms with Crippen molar-refractivity contribution < 1.29 is 4.74 Å². The smallest absolute Gasteiger partial charge is 0.0506 e. The summed E-state index contributed by atoms with van der Waals surface area (Å²) in [6.07, 6.45) is 7.91. The lowest BCUT2D eigenvalue weighted by molar-refractivity contribution is 0.0532. The number of rotatable bonds is 4. The van der Waals surface area contributed by atoms with Crippen molar-refractivity contribution >= 4 is 0 Å². The largest absolute Gasteiger partial charge is 0.381 e. The van der Waals surface area contributed by atoms with Crippen molar-refractivity contribution in [2.75, 3.05) is 19.8 Å². The summed E-state index contributed by atoms with van der Waals surface area (Å²) in [5, 5.41) is 3.78. The third-order valence-corrected chi connectivity index (χ3v) is 4.95. The Labute approximate surface area is 122 Å². The highest BCUT2D eigenvalue weighted by Gasteiger charge is 2.23. The standard InChI is InChI=1S/C18H27NO/c1-2-6-16(7-3-1)17-8-10-18(11-9-17)19-13-15-5-4-12-20-14-15/h1-3,6-7,15,17-19H,4-5,8-14H2. The molecule has 1 saturated carbocycles. The SMILES string of the molecule is c1ccc(C2CCC(NCC3CCCOC3)CC2)cc1. The molecule has 20 heavy (non-hydrogen) atoms. The van der Waals surface area contributed by atoms with E-state index >= 15 is 0 Å². The van der Waals surface area contributed by atoms with Gasteiger partial charge in [0.05, 0.1) is 6.61 Å². The molecule has 0 spiro atoms. The Hall–Kier alpha value is -0.860. The zero-order chi connectivity index (χ0) is 13.6. The van der Waals surface area contributed by atoms with Gasteiger partial charge in [0.15, 0.2) is 0 Å². The lowest BCUT2D eigenvalue weighted by atomic mass is 9.81. The fraction of sp³-hybridized carbons (Fsp3) is 0.667. The molecule has 0 amide bonds. The fourth-order valence-corrected chi connectivity index (χ4v) is 3.66. The van der Waals surface area contributed by atoms with E-state index in [-0.39, 0.29) is 0 Å². The highest BCUT2D eigenvalue weighted by molar-refractivity contribution is 5.20. The van der Waals surface area contributed by atoms with Gasteiger partial charge in [0.25, 0.3) is 0 Å². The summed E-state index contributed by atoms with van der Waals surface area (Å²) in [6.45, 7) is 3.09. The van der Waals surface area contributed by atoms with Crippen LogP contribution >= 0.6 is 0 Å². The first kappa shape index (κ1) is 14.1. The van der Waals surface area contributed by atoms with Crippen LogP contribution in [0, 0.1) is 5.92 Å². The summed E-state index contributed by atoms with van der Waals surface area (Å²) in [6, 6.07) is 11.8. The van der Waals surface area contributed by atoms with Crippen molar-refractivity contribution in [1.82, 2.24) is 5.32 Å². The molecule has 2 aliphatic rings. The minimum absolute atomic E-state index is 0.733. The van der Waals surface area contributed by atoms with Crippen molar-refractivity contribution in [3.63, 3.8) is 0 Å². The van der Waals surface area contributed by atoms with Gasteiger partial charge in [-0.1, -0.05) is 30.3 Å². The second-order valence-electron chi connectivity index (χ2n) is 6.45. The van der Waals surface area contributed by atoms with E-state index < -0.39 is 0 Å². The van der Waals surface area contributed by atoms with Crippen LogP contribution in [0.4, 0.5) is 0 Å². The molecule has 2 nitrogen and oxygen atoms in total. The Bertz CT molecular complexity index is 378. The van der Waals surface area contributed by atoms with Crippen molar-refractivity contribution in [2.45, 2.75) is 50.5 Å². The van der Waals surface area contributed by atoms with E-state index in [0.717, 1.165) is 37.6 Å². The minimum Gasteiger partial charge on any atom is -0.381 e. The first-order valence-corrected chi connectivity index (χ1v) is 8.28. The highest BCUT2D eigenvalue weighted by atomic mass is 16.5. The van der Waals surface area contributed by atoms with Gasteiger partial charge in [-0.25, -0.2) is 0 Å². The van der Waals surface area contributed by atoms with E-state index in [1.54, 1.807) is 0 Å². The summed E-state index contributed by atoms with van der Waals surface area (Å²) in [5.74, 6) is 1.53. The molecular weight excluding hydrogens is 246 g/mol. The molecule has 1 saturated heterocycles. The molecular formula is C18H27NO. The molecule has 110 valence electrons. The average Bonchev–Trinajstić information content (AvgIpc) is 2.55. The van der Waals surface area contributed by atoms with Crippen molar-refractivity contribution in [3.8, 4) is 0 Å². The lowest BCUT2D eigenvalue weighted by Gasteiger charge is -2.31. The van der Waals surface area contributed by atoms with Crippen LogP contribution in [0.1, 0.15) is 50.0 Å². The van der Waals surface area contributed by atoms with Gasteiger partial charge in [-0.2, -0.15) is 0 Å². The Kier molecular flexibility index (Phi) is 5.10. The van der Waals surface area contributed by atoms with E-state index in [1.807, 2.05) is 0 Å². The van der Waals surface area contributed by atoms with E-state index in [9.17, 15) is 0 Å². The molecule has 1 aliphatic heterocycles. The van der Waals surface area contributed by atoms with Crippen LogP contribution in [0.2, 0.25) is 0 Å². The van der Waals surface area contributed by atoms with Crippen LogP contribution in [0.5, 0.6) is 0 Å². The Balaban J connectivity index is 1.40. The quantitative estimate of drug-likeness (QED) is 0.902. The van der Waals surface area contributed by atoms with Crippen molar-refractivity contribution in [2.24, 2.45) is 5.92 Å². The summed E-state index contributed by atoms with van der Waals surface area (Å²) in [7, 11) is 0. The Morgan fingerprint density at radius 2 is 1.80 bits per heavy atom. The lowest BCUT2D eigenvalue weighted by Crippen LogP contribution is -2.38. The summed E-state index contributed by atoms with van der Waals surface area (Å²) >= 11 is 0. The molecule has 1 unspecified atom stereocenters. The van der Waals surface area contributed by atoms with Crippen LogP contribution in [0.25, 0.3) is 0 Å². The zero-order valence-corrected chi connectivity index (χ0v) is 12.4. The van der Waals surface area contributed by atoms with Crippen LogP contribution in [-0.2, 0) is 4.74 Å². The van der Waals surface area contributed by atoms with Gasteiger partial charge in [0.1, 0.15) is 0 Å². The van der Waals surface area contributed by atoms with Crippen LogP contribution < -0.4 is 5.32 Å². The molecule has 1 N–H and O–H groups in total. The topological polar surface area (TPSA) is 21.3 Å². The van der Waals surface area contributed by atoms with Gasteiger partial charge in [-0.3, -0.25) is 0 Å². The van der Waals surface area contributed by atoms with Gasteiger partial charge >= 0.3 is 0 Å². The Morgan fingerprint density at radius 3 is 2.50 bits per heavy atom. The maximum absolute atomic E-state index is 5.56. The molecule has 2 fully saturated rings. The second-order valence-corrected chi connectivity index (χ2v) is 6.45. The molecule has 1 aromatic carbocycles. The molecule has 0 radical (unpaired) electrons. The van der Waals surface area contributed by atoms with Crippen LogP contribution in [0.15, 0.2) is 30.3 Å².